The predicted molar refractivity (Wildman–Crippen MR) is 95.0 cm³/mol. The molecular formula is C17H24N2O6S. The molecule has 1 aromatic carbocycles. The summed E-state index contributed by atoms with van der Waals surface area (Å²) < 4.78 is 39.0. The molecule has 2 saturated heterocycles. The van der Waals surface area contributed by atoms with Crippen molar-refractivity contribution in [3.8, 4) is 0 Å². The summed E-state index contributed by atoms with van der Waals surface area (Å²) in [7, 11) is -3.88. The van der Waals surface area contributed by atoms with E-state index in [4.69, 9.17) is 9.47 Å². The van der Waals surface area contributed by atoms with E-state index in [1.165, 1.54) is 18.2 Å². The lowest BCUT2D eigenvalue weighted by atomic mass is 10.2. The number of aromatic carboxylic acids is 1. The number of benzene rings is 1. The monoisotopic (exact) mass is 384 g/mol. The molecule has 0 aliphatic carbocycles. The molecule has 2 atom stereocenters. The van der Waals surface area contributed by atoms with Gasteiger partial charge in [-0.2, -0.15) is 0 Å². The predicted octanol–water partition coefficient (Wildman–Crippen LogP) is 1.43. The van der Waals surface area contributed by atoms with Crippen LogP contribution in [-0.2, 0) is 19.5 Å². The average molecular weight is 384 g/mol. The highest BCUT2D eigenvalue weighted by Crippen LogP contribution is 2.24. The Morgan fingerprint density at radius 1 is 1.12 bits per heavy atom. The number of sulfonamides is 1. The summed E-state index contributed by atoms with van der Waals surface area (Å²) in [6, 6.07) is 4.05. The molecular weight excluding hydrogens is 360 g/mol. The lowest BCUT2D eigenvalue weighted by Gasteiger charge is -2.17. The van der Waals surface area contributed by atoms with Crippen molar-refractivity contribution in [1.82, 2.24) is 4.72 Å². The van der Waals surface area contributed by atoms with E-state index in [0.717, 1.165) is 25.7 Å². The van der Waals surface area contributed by atoms with E-state index in [0.29, 0.717) is 25.4 Å². The van der Waals surface area contributed by atoms with Gasteiger partial charge < -0.3 is 19.9 Å². The second kappa shape index (κ2) is 8.34. The Morgan fingerprint density at radius 3 is 2.35 bits per heavy atom. The number of rotatable bonds is 8. The maximum absolute atomic E-state index is 12.7. The Bertz CT molecular complexity index is 740. The molecule has 144 valence electrons. The van der Waals surface area contributed by atoms with Gasteiger partial charge in [-0.25, -0.2) is 17.9 Å². The highest BCUT2D eigenvalue weighted by molar-refractivity contribution is 7.89. The van der Waals surface area contributed by atoms with Crippen LogP contribution < -0.4 is 10.0 Å². The zero-order chi connectivity index (χ0) is 18.6. The number of hydrogen-bond acceptors (Lipinski definition) is 6. The van der Waals surface area contributed by atoms with E-state index in [1.54, 1.807) is 0 Å². The first-order chi connectivity index (χ1) is 12.5. The molecule has 2 aliphatic heterocycles. The fourth-order valence-electron chi connectivity index (χ4n) is 3.14. The van der Waals surface area contributed by atoms with Crippen LogP contribution in [0.2, 0.25) is 0 Å². The molecule has 1 aromatic rings. The van der Waals surface area contributed by atoms with Gasteiger partial charge in [-0.15, -0.1) is 0 Å². The van der Waals surface area contributed by atoms with Crippen molar-refractivity contribution < 1.29 is 27.8 Å². The number of carboxylic acids is 1. The number of carbonyl (C=O) groups is 1. The van der Waals surface area contributed by atoms with Crippen LogP contribution in [0.1, 0.15) is 36.0 Å². The quantitative estimate of drug-likeness (QED) is 0.621. The molecule has 0 bridgehead atoms. The normalized spacial score (nSPS) is 23.2. The molecule has 0 spiro atoms. The van der Waals surface area contributed by atoms with Crippen molar-refractivity contribution in [2.45, 2.75) is 42.8 Å². The van der Waals surface area contributed by atoms with Gasteiger partial charge in [0.2, 0.25) is 10.0 Å². The SMILES string of the molecule is O=C(O)c1ccc(NC[C@@H]2CCCO2)c(S(=O)(=O)NC[C@@H]2CCCO2)c1. The standard InChI is InChI=1S/C17H24N2O6S/c20-17(21)12-5-6-15(18-10-13-3-1-7-24-13)16(9-12)26(22,23)19-11-14-4-2-8-25-14/h5-6,9,13-14,18-19H,1-4,7-8,10-11H2,(H,20,21)/t13-,14-/m0/s1. The fourth-order valence-corrected chi connectivity index (χ4v) is 4.41. The lowest BCUT2D eigenvalue weighted by molar-refractivity contribution is 0.0696. The minimum absolute atomic E-state index is 0.0320. The van der Waals surface area contributed by atoms with Gasteiger partial charge in [-0.05, 0) is 43.9 Å². The highest BCUT2D eigenvalue weighted by atomic mass is 32.2. The summed E-state index contributed by atoms with van der Waals surface area (Å²) in [5.74, 6) is -1.17. The van der Waals surface area contributed by atoms with Crippen LogP contribution in [0.15, 0.2) is 23.1 Å². The van der Waals surface area contributed by atoms with Crippen LogP contribution in [0, 0.1) is 0 Å². The molecule has 2 heterocycles. The third-order valence-electron chi connectivity index (χ3n) is 4.59. The first-order valence-electron chi connectivity index (χ1n) is 8.80. The number of hydrogen-bond donors (Lipinski definition) is 3. The Labute approximate surface area is 152 Å². The zero-order valence-corrected chi connectivity index (χ0v) is 15.3. The van der Waals surface area contributed by atoms with E-state index in [-0.39, 0.29) is 29.2 Å². The maximum Gasteiger partial charge on any atom is 0.335 e. The minimum Gasteiger partial charge on any atom is -0.478 e. The van der Waals surface area contributed by atoms with Gasteiger partial charge in [0.05, 0.1) is 23.5 Å². The van der Waals surface area contributed by atoms with Gasteiger partial charge in [0, 0.05) is 26.3 Å². The highest BCUT2D eigenvalue weighted by Gasteiger charge is 2.24. The van der Waals surface area contributed by atoms with Gasteiger partial charge in [0.1, 0.15) is 4.90 Å². The van der Waals surface area contributed by atoms with Crippen LogP contribution in [0.5, 0.6) is 0 Å². The van der Waals surface area contributed by atoms with E-state index in [9.17, 15) is 18.3 Å². The van der Waals surface area contributed by atoms with E-state index < -0.39 is 16.0 Å². The molecule has 3 rings (SSSR count). The Hall–Kier alpha value is -1.68. The van der Waals surface area contributed by atoms with Crippen molar-refractivity contribution in [2.75, 3.05) is 31.6 Å². The van der Waals surface area contributed by atoms with E-state index in [1.807, 2.05) is 0 Å². The number of anilines is 1. The summed E-state index contributed by atoms with van der Waals surface area (Å²) >= 11 is 0. The first kappa shape index (κ1) is 19.1. The molecule has 26 heavy (non-hydrogen) atoms. The van der Waals surface area contributed by atoms with Crippen LogP contribution in [0.3, 0.4) is 0 Å². The summed E-state index contributed by atoms with van der Waals surface area (Å²) in [5.41, 5.74) is 0.287. The van der Waals surface area contributed by atoms with Crippen LogP contribution >= 0.6 is 0 Å². The largest absolute Gasteiger partial charge is 0.478 e. The maximum atomic E-state index is 12.7. The van der Waals surface area contributed by atoms with Crippen molar-refractivity contribution in [3.05, 3.63) is 23.8 Å². The molecule has 0 unspecified atom stereocenters. The molecule has 3 N–H and O–H groups in total. The molecule has 2 fully saturated rings. The molecule has 0 saturated carbocycles. The second-order valence-electron chi connectivity index (χ2n) is 6.52. The molecule has 0 amide bonds. The Morgan fingerprint density at radius 2 is 1.77 bits per heavy atom. The third-order valence-corrected chi connectivity index (χ3v) is 6.05. The fraction of sp³-hybridized carbons (Fsp3) is 0.588. The first-order valence-corrected chi connectivity index (χ1v) is 10.3. The lowest BCUT2D eigenvalue weighted by Crippen LogP contribution is -2.32. The molecule has 0 radical (unpaired) electrons. The van der Waals surface area contributed by atoms with Crippen molar-refractivity contribution in [1.29, 1.82) is 0 Å². The van der Waals surface area contributed by atoms with Gasteiger partial charge in [0.15, 0.2) is 0 Å². The van der Waals surface area contributed by atoms with Gasteiger partial charge in [0.25, 0.3) is 0 Å². The van der Waals surface area contributed by atoms with E-state index >= 15 is 0 Å². The number of ether oxygens (including phenoxy) is 2. The Kier molecular flexibility index (Phi) is 6.13. The molecule has 8 nitrogen and oxygen atoms in total. The van der Waals surface area contributed by atoms with Gasteiger partial charge in [-0.1, -0.05) is 0 Å². The van der Waals surface area contributed by atoms with Crippen LogP contribution in [0.4, 0.5) is 5.69 Å². The summed E-state index contributed by atoms with van der Waals surface area (Å²) in [6.45, 7) is 1.99. The topological polar surface area (TPSA) is 114 Å². The van der Waals surface area contributed by atoms with Crippen molar-refractivity contribution in [2.24, 2.45) is 0 Å². The molecule has 2 aliphatic rings. The summed E-state index contributed by atoms with van der Waals surface area (Å²) in [6.07, 6.45) is 3.51. The molecule has 9 heteroatoms. The summed E-state index contributed by atoms with van der Waals surface area (Å²) in [4.78, 5) is 11.2. The smallest absolute Gasteiger partial charge is 0.335 e. The van der Waals surface area contributed by atoms with Crippen molar-refractivity contribution >= 4 is 21.7 Å². The average Bonchev–Trinajstić information content (AvgIpc) is 3.31. The summed E-state index contributed by atoms with van der Waals surface area (Å²) in [5, 5.41) is 12.3. The van der Waals surface area contributed by atoms with E-state index in [2.05, 4.69) is 10.0 Å². The van der Waals surface area contributed by atoms with Crippen molar-refractivity contribution in [3.63, 3.8) is 0 Å². The van der Waals surface area contributed by atoms with Crippen LogP contribution in [-0.4, -0.2) is 58.0 Å². The number of nitrogens with one attached hydrogen (secondary N) is 2. The Balaban J connectivity index is 1.78. The molecule has 0 aromatic heterocycles. The van der Waals surface area contributed by atoms with Gasteiger partial charge >= 0.3 is 5.97 Å². The second-order valence-corrected chi connectivity index (χ2v) is 8.25. The number of carboxylic acid groups (broad SMARTS) is 1. The third kappa shape index (κ3) is 4.73. The van der Waals surface area contributed by atoms with Crippen LogP contribution in [0.25, 0.3) is 0 Å². The zero-order valence-electron chi connectivity index (χ0n) is 14.4. The minimum atomic E-state index is -3.88. The van der Waals surface area contributed by atoms with Gasteiger partial charge in [-0.3, -0.25) is 0 Å².